The molecular weight excluding hydrogens is 90.1 g/mol. The van der Waals surface area contributed by atoms with Crippen molar-refractivity contribution in [2.24, 2.45) is 0 Å². The highest BCUT2D eigenvalue weighted by Gasteiger charge is 1.74. The molecule has 0 amide bonds. The highest BCUT2D eigenvalue weighted by molar-refractivity contribution is 4.75. The fourth-order valence-electron chi connectivity index (χ4n) is 0.287. The van der Waals surface area contributed by atoms with Gasteiger partial charge in [-0.1, -0.05) is 12.2 Å². The standard InChI is InChI=1S/C5H9NO/c1-2-3-4-5-7-6/h2-3H,4-5H2,1H3. The van der Waals surface area contributed by atoms with Crippen LogP contribution in [0.5, 0.6) is 0 Å². The molecule has 0 aliphatic rings. The zero-order valence-corrected chi connectivity index (χ0v) is 4.42. The maximum absolute atomic E-state index is 7.76. The summed E-state index contributed by atoms with van der Waals surface area (Å²) in [6.07, 6.45) is 4.63. The van der Waals surface area contributed by atoms with Crippen LogP contribution in [0, 0.1) is 0 Å². The molecule has 0 atom stereocenters. The van der Waals surface area contributed by atoms with Crippen LogP contribution in [0.4, 0.5) is 0 Å². The Balaban J connectivity index is 2.69. The van der Waals surface area contributed by atoms with Gasteiger partial charge in [0.25, 0.3) is 0 Å². The maximum atomic E-state index is 7.76. The van der Waals surface area contributed by atoms with Gasteiger partial charge in [-0.3, -0.25) is 4.84 Å². The Morgan fingerprint density at radius 1 is 1.71 bits per heavy atom. The molecule has 7 heavy (non-hydrogen) atoms. The van der Waals surface area contributed by atoms with Crippen molar-refractivity contribution in [1.29, 1.82) is 0 Å². The lowest BCUT2D eigenvalue weighted by molar-refractivity contribution is 0.123. The fraction of sp³-hybridized carbons (Fsp3) is 0.600. The Labute approximate surface area is 43.9 Å². The van der Waals surface area contributed by atoms with Gasteiger partial charge in [-0.2, -0.15) is 0 Å². The first-order valence-corrected chi connectivity index (χ1v) is 2.29. The van der Waals surface area contributed by atoms with Gasteiger partial charge in [-0.05, 0) is 13.3 Å². The lowest BCUT2D eigenvalue weighted by Crippen LogP contribution is -1.86. The van der Waals surface area contributed by atoms with Gasteiger partial charge < -0.3 is 0 Å². The van der Waals surface area contributed by atoms with Crippen LogP contribution >= 0.6 is 0 Å². The Hall–Kier alpha value is -0.340. The van der Waals surface area contributed by atoms with Crippen molar-refractivity contribution in [1.82, 2.24) is 5.90 Å². The summed E-state index contributed by atoms with van der Waals surface area (Å²) in [7, 11) is 0. The van der Waals surface area contributed by atoms with E-state index in [4.69, 9.17) is 5.90 Å². The Kier molecular flexibility index (Phi) is 5.39. The SMILES string of the molecule is CC=CCCO[N]. The number of rotatable bonds is 3. The van der Waals surface area contributed by atoms with Gasteiger partial charge >= 0.3 is 0 Å². The van der Waals surface area contributed by atoms with Crippen molar-refractivity contribution in [2.45, 2.75) is 13.3 Å². The highest BCUT2D eigenvalue weighted by atomic mass is 16.6. The fourth-order valence-corrected chi connectivity index (χ4v) is 0.287. The first-order chi connectivity index (χ1) is 3.41. The van der Waals surface area contributed by atoms with Crippen LogP contribution in [0.15, 0.2) is 12.2 Å². The molecule has 0 aromatic rings. The second kappa shape index (κ2) is 5.66. The molecule has 0 heterocycles. The lowest BCUT2D eigenvalue weighted by atomic mass is 10.4. The second-order valence-corrected chi connectivity index (χ2v) is 1.19. The van der Waals surface area contributed by atoms with Crippen LogP contribution in [-0.2, 0) is 4.84 Å². The smallest absolute Gasteiger partial charge is 0.0754 e. The van der Waals surface area contributed by atoms with Crippen molar-refractivity contribution in [2.75, 3.05) is 6.61 Å². The predicted molar refractivity (Wildman–Crippen MR) is 27.5 cm³/mol. The summed E-state index contributed by atoms with van der Waals surface area (Å²) in [4.78, 5) is 3.79. The van der Waals surface area contributed by atoms with Gasteiger partial charge in [0.05, 0.1) is 6.61 Å². The van der Waals surface area contributed by atoms with Crippen LogP contribution in [0.3, 0.4) is 0 Å². The Morgan fingerprint density at radius 3 is 2.86 bits per heavy atom. The molecule has 0 aromatic heterocycles. The van der Waals surface area contributed by atoms with Gasteiger partial charge in [-0.25, -0.2) is 0 Å². The lowest BCUT2D eigenvalue weighted by Gasteiger charge is -1.83. The summed E-state index contributed by atoms with van der Waals surface area (Å²) in [6.45, 7) is 2.32. The molecule has 0 saturated carbocycles. The minimum absolute atomic E-state index is 0.393. The van der Waals surface area contributed by atoms with E-state index in [2.05, 4.69) is 4.84 Å². The van der Waals surface area contributed by atoms with Crippen molar-refractivity contribution in [3.8, 4) is 0 Å². The first-order valence-electron chi connectivity index (χ1n) is 2.29. The summed E-state index contributed by atoms with van der Waals surface area (Å²) in [5, 5.41) is 0. The minimum Gasteiger partial charge on any atom is -0.263 e. The Bertz CT molecular complexity index is 52.0. The monoisotopic (exact) mass is 99.1 g/mol. The van der Waals surface area contributed by atoms with E-state index in [0.29, 0.717) is 6.61 Å². The average Bonchev–Trinajstić information content (AvgIpc) is 1.69. The van der Waals surface area contributed by atoms with E-state index < -0.39 is 0 Å². The zero-order valence-electron chi connectivity index (χ0n) is 4.42. The van der Waals surface area contributed by atoms with Crippen molar-refractivity contribution in [3.05, 3.63) is 12.2 Å². The molecule has 0 spiro atoms. The van der Waals surface area contributed by atoms with Crippen molar-refractivity contribution >= 4 is 0 Å². The van der Waals surface area contributed by atoms with Crippen molar-refractivity contribution in [3.63, 3.8) is 0 Å². The van der Waals surface area contributed by atoms with E-state index in [-0.39, 0.29) is 0 Å². The number of allylic oxidation sites excluding steroid dienone is 1. The molecule has 2 radical (unpaired) electrons. The molecule has 2 heteroatoms. The molecule has 0 N–H and O–H groups in total. The summed E-state index contributed by atoms with van der Waals surface area (Å²) >= 11 is 0. The maximum Gasteiger partial charge on any atom is 0.0754 e. The first kappa shape index (κ1) is 6.66. The topological polar surface area (TPSA) is 31.5 Å². The molecule has 0 saturated heterocycles. The Morgan fingerprint density at radius 2 is 2.43 bits per heavy atom. The van der Waals surface area contributed by atoms with Gasteiger partial charge in [0.1, 0.15) is 0 Å². The summed E-state index contributed by atoms with van der Waals surface area (Å²) in [5.74, 6) is 7.76. The van der Waals surface area contributed by atoms with E-state index >= 15 is 0 Å². The number of hydrogen-bond acceptors (Lipinski definition) is 1. The zero-order chi connectivity index (χ0) is 5.54. The third-order valence-corrected chi connectivity index (χ3v) is 0.612. The molecule has 0 fully saturated rings. The quantitative estimate of drug-likeness (QED) is 0.294. The number of hydrogen-bond donors (Lipinski definition) is 0. The third-order valence-electron chi connectivity index (χ3n) is 0.612. The summed E-state index contributed by atoms with van der Waals surface area (Å²) in [6, 6.07) is 0. The normalized spacial score (nSPS) is 10.6. The van der Waals surface area contributed by atoms with E-state index in [0.717, 1.165) is 6.42 Å². The van der Waals surface area contributed by atoms with E-state index in [9.17, 15) is 0 Å². The highest BCUT2D eigenvalue weighted by Crippen LogP contribution is 1.79. The molecule has 0 bridgehead atoms. The molecule has 0 aliphatic carbocycles. The summed E-state index contributed by atoms with van der Waals surface area (Å²) in [5.41, 5.74) is 0. The third kappa shape index (κ3) is 5.66. The molecule has 0 aliphatic heterocycles. The van der Waals surface area contributed by atoms with Gasteiger partial charge in [0, 0.05) is 5.90 Å². The van der Waals surface area contributed by atoms with E-state index in [1.807, 2.05) is 19.1 Å². The van der Waals surface area contributed by atoms with E-state index in [1.165, 1.54) is 0 Å². The van der Waals surface area contributed by atoms with Crippen LogP contribution in [0.25, 0.3) is 0 Å². The molecule has 2 nitrogen and oxygen atoms in total. The van der Waals surface area contributed by atoms with Gasteiger partial charge in [0.15, 0.2) is 0 Å². The van der Waals surface area contributed by atoms with Gasteiger partial charge in [-0.15, -0.1) is 0 Å². The van der Waals surface area contributed by atoms with Gasteiger partial charge in [0.2, 0.25) is 0 Å². The average molecular weight is 99.1 g/mol. The van der Waals surface area contributed by atoms with E-state index in [1.54, 1.807) is 0 Å². The molecule has 0 aromatic carbocycles. The van der Waals surface area contributed by atoms with Crippen LogP contribution < -0.4 is 5.90 Å². The predicted octanol–water partition coefficient (Wildman–Crippen LogP) is 0.953. The largest absolute Gasteiger partial charge is 0.263 e. The van der Waals surface area contributed by atoms with Crippen LogP contribution in [0.2, 0.25) is 0 Å². The molecule has 0 unspecified atom stereocenters. The molecular formula is C5H9NO. The second-order valence-electron chi connectivity index (χ2n) is 1.19. The van der Waals surface area contributed by atoms with Crippen LogP contribution in [0.1, 0.15) is 13.3 Å². The minimum atomic E-state index is 0.393. The number of nitrogens with zero attached hydrogens (tertiary/aromatic N) is 1. The van der Waals surface area contributed by atoms with Crippen LogP contribution in [-0.4, -0.2) is 6.61 Å². The molecule has 0 rings (SSSR count). The molecule has 40 valence electrons. The summed E-state index contributed by atoms with van der Waals surface area (Å²) < 4.78 is 0. The van der Waals surface area contributed by atoms with Crippen molar-refractivity contribution < 1.29 is 4.84 Å².